The highest BCUT2D eigenvalue weighted by atomic mass is 19.4. The number of para-hydroxylation sites is 1. The minimum Gasteiger partial charge on any atom is -0.405 e. The van der Waals surface area contributed by atoms with Crippen molar-refractivity contribution < 1.29 is 27.1 Å². The van der Waals surface area contributed by atoms with Crippen LogP contribution < -0.4 is 4.74 Å². The zero-order valence-corrected chi connectivity index (χ0v) is 12.2. The van der Waals surface area contributed by atoms with Crippen molar-refractivity contribution in [2.75, 3.05) is 6.61 Å². The van der Waals surface area contributed by atoms with E-state index in [4.69, 9.17) is 4.84 Å². The van der Waals surface area contributed by atoms with E-state index in [2.05, 4.69) is 26.6 Å². The van der Waals surface area contributed by atoms with Gasteiger partial charge < -0.3 is 9.57 Å². The monoisotopic (exact) mass is 344 g/mol. The Kier molecular flexibility index (Phi) is 5.51. The molecule has 0 fully saturated rings. The molecule has 1 unspecified atom stereocenters. The molecule has 2 rings (SSSR count). The summed E-state index contributed by atoms with van der Waals surface area (Å²) in [7, 11) is 0. The Morgan fingerprint density at radius 3 is 2.75 bits per heavy atom. The highest BCUT2D eigenvalue weighted by Crippen LogP contribution is 2.29. The molecule has 0 aliphatic carbocycles. The molecule has 0 N–H and O–H groups in total. The molecule has 0 saturated heterocycles. The van der Waals surface area contributed by atoms with E-state index in [1.165, 1.54) is 24.3 Å². The second kappa shape index (κ2) is 7.57. The molecule has 0 saturated carbocycles. The number of nitrogens with zero attached hydrogens (tertiary/aromatic N) is 4. The van der Waals surface area contributed by atoms with Gasteiger partial charge in [0, 0.05) is 5.56 Å². The Labute approximate surface area is 134 Å². The minimum absolute atomic E-state index is 0.0597. The molecular formula is C14H12F4N4O2. The smallest absolute Gasteiger partial charge is 0.405 e. The first kappa shape index (κ1) is 17.4. The normalized spacial score (nSPS) is 13.4. The molecule has 128 valence electrons. The number of aromatic nitrogens is 3. The van der Waals surface area contributed by atoms with Gasteiger partial charge in [-0.3, -0.25) is 0 Å². The molecule has 6 nitrogen and oxygen atoms in total. The summed E-state index contributed by atoms with van der Waals surface area (Å²) < 4.78 is 57.0. The topological polar surface area (TPSA) is 61.5 Å². The van der Waals surface area contributed by atoms with Gasteiger partial charge >= 0.3 is 6.36 Å². The van der Waals surface area contributed by atoms with Crippen molar-refractivity contribution in [2.24, 2.45) is 5.16 Å². The van der Waals surface area contributed by atoms with Gasteiger partial charge in [0.15, 0.2) is 0 Å². The molecule has 0 radical (unpaired) electrons. The molecule has 0 aliphatic heterocycles. The van der Waals surface area contributed by atoms with E-state index in [1.807, 2.05) is 0 Å². The second-order valence-corrected chi connectivity index (χ2v) is 4.32. The Bertz CT molecular complexity index is 701. The van der Waals surface area contributed by atoms with Crippen molar-refractivity contribution in [3.63, 3.8) is 0 Å². The average Bonchev–Trinajstić information content (AvgIpc) is 3.05. The van der Waals surface area contributed by atoms with Gasteiger partial charge in [0.05, 0.1) is 0 Å². The molecule has 0 bridgehead atoms. The van der Waals surface area contributed by atoms with Crippen LogP contribution in [-0.2, 0) is 4.84 Å². The molecule has 0 amide bonds. The van der Waals surface area contributed by atoms with Crippen molar-refractivity contribution in [3.05, 3.63) is 55.1 Å². The zero-order chi connectivity index (χ0) is 17.6. The van der Waals surface area contributed by atoms with Crippen LogP contribution in [0.4, 0.5) is 17.6 Å². The first-order chi connectivity index (χ1) is 11.4. The largest absolute Gasteiger partial charge is 0.573 e. The Morgan fingerprint density at radius 1 is 1.38 bits per heavy atom. The average molecular weight is 344 g/mol. The fourth-order valence-corrected chi connectivity index (χ4v) is 1.73. The van der Waals surface area contributed by atoms with E-state index in [9.17, 15) is 17.6 Å². The highest BCUT2D eigenvalue weighted by Gasteiger charge is 2.34. The summed E-state index contributed by atoms with van der Waals surface area (Å²) in [5, 5.41) is 7.17. The predicted molar refractivity (Wildman–Crippen MR) is 76.0 cm³/mol. The molecule has 0 aliphatic rings. The van der Waals surface area contributed by atoms with Crippen molar-refractivity contribution in [1.82, 2.24) is 14.8 Å². The fraction of sp³-hybridized carbons (Fsp3) is 0.214. The first-order valence-corrected chi connectivity index (χ1v) is 6.56. The van der Waals surface area contributed by atoms with Crippen molar-refractivity contribution >= 4 is 5.71 Å². The predicted octanol–water partition coefficient (Wildman–Crippen LogP) is 3.25. The van der Waals surface area contributed by atoms with Crippen LogP contribution in [0.3, 0.4) is 0 Å². The molecule has 1 atom stereocenters. The van der Waals surface area contributed by atoms with Gasteiger partial charge in [-0.1, -0.05) is 29.9 Å². The lowest BCUT2D eigenvalue weighted by Gasteiger charge is -2.16. The molecule has 2 aromatic rings. The second-order valence-electron chi connectivity index (χ2n) is 4.32. The third-order valence-electron chi connectivity index (χ3n) is 2.64. The minimum atomic E-state index is -4.94. The van der Waals surface area contributed by atoms with Gasteiger partial charge in [-0.15, -0.1) is 13.2 Å². The maximum Gasteiger partial charge on any atom is 0.573 e. The summed E-state index contributed by atoms with van der Waals surface area (Å²) in [5.41, 5.74) is -0.691. The molecule has 24 heavy (non-hydrogen) atoms. The van der Waals surface area contributed by atoms with Crippen LogP contribution in [-0.4, -0.2) is 33.4 Å². The van der Waals surface area contributed by atoms with Crippen LogP contribution >= 0.6 is 0 Å². The van der Waals surface area contributed by atoms with E-state index in [0.717, 1.165) is 23.4 Å². The number of alkyl halides is 4. The van der Waals surface area contributed by atoms with Gasteiger partial charge in [0.25, 0.3) is 0 Å². The quantitative estimate of drug-likeness (QED) is 0.254. The third-order valence-corrected chi connectivity index (χ3v) is 2.64. The van der Waals surface area contributed by atoms with Crippen LogP contribution in [0.2, 0.25) is 0 Å². The molecule has 1 heterocycles. The number of benzene rings is 1. The van der Waals surface area contributed by atoms with E-state index in [-0.39, 0.29) is 12.2 Å². The molecule has 0 spiro atoms. The van der Waals surface area contributed by atoms with Crippen LogP contribution in [0.1, 0.15) is 11.9 Å². The Hall–Kier alpha value is -2.91. The lowest BCUT2D eigenvalue weighted by molar-refractivity contribution is -0.274. The maximum atomic E-state index is 14.6. The van der Waals surface area contributed by atoms with E-state index in [0.29, 0.717) is 0 Å². The number of rotatable bonds is 7. The lowest BCUT2D eigenvalue weighted by Crippen LogP contribution is -2.22. The van der Waals surface area contributed by atoms with Crippen molar-refractivity contribution in [1.29, 1.82) is 0 Å². The maximum absolute atomic E-state index is 14.6. The summed E-state index contributed by atoms with van der Waals surface area (Å²) in [6.45, 7) is 3.34. The Balaban J connectivity index is 2.44. The number of hydrogen-bond acceptors (Lipinski definition) is 5. The van der Waals surface area contributed by atoms with Crippen molar-refractivity contribution in [3.8, 4) is 5.75 Å². The summed E-state index contributed by atoms with van der Waals surface area (Å²) >= 11 is 0. The summed E-state index contributed by atoms with van der Waals surface area (Å²) in [5.74, 6) is -0.617. The molecule has 1 aromatic carbocycles. The van der Waals surface area contributed by atoms with Crippen molar-refractivity contribution in [2.45, 2.75) is 12.7 Å². The third kappa shape index (κ3) is 4.54. The van der Waals surface area contributed by atoms with E-state index >= 15 is 0 Å². The SMILES string of the molecule is C=CCON=C(c1ccccc1OC(F)(F)F)C(F)n1cncn1. The lowest BCUT2D eigenvalue weighted by atomic mass is 10.1. The number of ether oxygens (including phenoxy) is 1. The standard InChI is InChI=1S/C14H12F4N4O2/c1-2-7-23-21-12(13(15)22-9-19-8-20-22)10-5-3-4-6-11(10)24-14(16,17)18/h2-6,8-9,13H,1,7H2. The van der Waals surface area contributed by atoms with E-state index < -0.39 is 24.1 Å². The van der Waals surface area contributed by atoms with Gasteiger partial charge in [-0.05, 0) is 12.1 Å². The van der Waals surface area contributed by atoms with Crippen LogP contribution in [0.15, 0.2) is 54.7 Å². The van der Waals surface area contributed by atoms with Gasteiger partial charge in [-0.2, -0.15) is 5.10 Å². The number of hydrogen-bond donors (Lipinski definition) is 0. The molecule has 1 aromatic heterocycles. The fourth-order valence-electron chi connectivity index (χ4n) is 1.73. The first-order valence-electron chi connectivity index (χ1n) is 6.56. The number of oxime groups is 1. The molecular weight excluding hydrogens is 332 g/mol. The van der Waals surface area contributed by atoms with Crippen LogP contribution in [0, 0.1) is 0 Å². The van der Waals surface area contributed by atoms with Crippen LogP contribution in [0.5, 0.6) is 5.75 Å². The Morgan fingerprint density at radius 2 is 2.12 bits per heavy atom. The summed E-state index contributed by atoms with van der Waals surface area (Å²) in [4.78, 5) is 8.42. The number of halogens is 4. The van der Waals surface area contributed by atoms with E-state index in [1.54, 1.807) is 0 Å². The summed E-state index contributed by atoms with van der Waals surface area (Å²) in [6, 6.07) is 4.99. The zero-order valence-electron chi connectivity index (χ0n) is 12.2. The van der Waals surface area contributed by atoms with Gasteiger partial charge in [0.1, 0.15) is 30.7 Å². The van der Waals surface area contributed by atoms with Gasteiger partial charge in [0.2, 0.25) is 6.30 Å². The van der Waals surface area contributed by atoms with Gasteiger partial charge in [-0.25, -0.2) is 14.1 Å². The van der Waals surface area contributed by atoms with Crippen LogP contribution in [0.25, 0.3) is 0 Å². The summed E-state index contributed by atoms with van der Waals surface area (Å²) in [6.07, 6.45) is -3.49. The highest BCUT2D eigenvalue weighted by molar-refractivity contribution is 6.04. The molecule has 10 heteroatoms.